The summed E-state index contributed by atoms with van der Waals surface area (Å²) in [5.41, 5.74) is 0.433. The van der Waals surface area contributed by atoms with E-state index in [0.29, 0.717) is 31.6 Å². The molecule has 9 heteroatoms. The Morgan fingerprint density at radius 2 is 2.29 bits per heavy atom. The number of aromatic nitrogens is 4. The van der Waals surface area contributed by atoms with Crippen LogP contribution in [0, 0.1) is 5.92 Å². The van der Waals surface area contributed by atoms with Crippen LogP contribution in [0.1, 0.15) is 23.3 Å². The van der Waals surface area contributed by atoms with Gasteiger partial charge in [0.15, 0.2) is 0 Å². The molecule has 3 atom stereocenters. The predicted molar refractivity (Wildman–Crippen MR) is 83.8 cm³/mol. The summed E-state index contributed by atoms with van der Waals surface area (Å²) in [6.45, 7) is 0.974. The fourth-order valence-electron chi connectivity index (χ4n) is 2.89. The lowest BCUT2D eigenvalue weighted by molar-refractivity contribution is -0.125. The van der Waals surface area contributed by atoms with E-state index in [1.165, 1.54) is 0 Å². The second kappa shape index (κ2) is 7.26. The third-order valence-electron chi connectivity index (χ3n) is 4.17. The van der Waals surface area contributed by atoms with Gasteiger partial charge in [0.05, 0.1) is 24.9 Å². The summed E-state index contributed by atoms with van der Waals surface area (Å²) in [6.07, 6.45) is 4.98. The highest BCUT2D eigenvalue weighted by molar-refractivity contribution is 5.92. The molecule has 0 bridgehead atoms. The third kappa shape index (κ3) is 3.80. The molecule has 1 saturated carbocycles. The average molecular weight is 332 g/mol. The molecule has 128 valence electrons. The summed E-state index contributed by atoms with van der Waals surface area (Å²) in [6, 6.07) is 2.96. The van der Waals surface area contributed by atoms with Gasteiger partial charge in [-0.15, -0.1) is 5.10 Å². The molecule has 0 aliphatic heterocycles. The number of carbonyl (C=O) groups excluding carboxylic acids is 2. The van der Waals surface area contributed by atoms with Crippen molar-refractivity contribution < 1.29 is 14.7 Å². The standard InChI is InChI=1S/C15H20N6O3/c22-13-9-10(14(23)17-4-6-21-7-5-18-20-21)8-12(13)19-15(24)11-2-1-3-16-11/h1-3,5,7,10,12-13,16,22H,4,6,8-9H2,(H,17,23)(H,19,24)/t10-,12-,13-/m0/s1. The zero-order chi connectivity index (χ0) is 16.9. The molecule has 1 aliphatic carbocycles. The minimum atomic E-state index is -0.727. The van der Waals surface area contributed by atoms with Crippen LogP contribution < -0.4 is 10.6 Å². The van der Waals surface area contributed by atoms with E-state index in [1.54, 1.807) is 35.4 Å². The Bertz CT molecular complexity index is 669. The van der Waals surface area contributed by atoms with Crippen molar-refractivity contribution in [2.45, 2.75) is 31.5 Å². The quantitative estimate of drug-likeness (QED) is 0.556. The Kier molecular flexibility index (Phi) is 4.90. The van der Waals surface area contributed by atoms with Crippen LogP contribution in [-0.2, 0) is 11.3 Å². The second-order valence-electron chi connectivity index (χ2n) is 5.86. The van der Waals surface area contributed by atoms with Crippen molar-refractivity contribution >= 4 is 11.8 Å². The smallest absolute Gasteiger partial charge is 0.267 e. The van der Waals surface area contributed by atoms with Gasteiger partial charge in [-0.05, 0) is 25.0 Å². The van der Waals surface area contributed by atoms with Crippen molar-refractivity contribution in [3.05, 3.63) is 36.4 Å². The summed E-state index contributed by atoms with van der Waals surface area (Å²) in [4.78, 5) is 27.0. The molecule has 1 fully saturated rings. The molecule has 2 aromatic rings. The molecule has 0 aromatic carbocycles. The largest absolute Gasteiger partial charge is 0.391 e. The van der Waals surface area contributed by atoms with E-state index in [2.05, 4.69) is 25.9 Å². The number of aliphatic hydroxyl groups excluding tert-OH is 1. The fourth-order valence-corrected chi connectivity index (χ4v) is 2.89. The number of H-pyrrole nitrogens is 1. The van der Waals surface area contributed by atoms with Gasteiger partial charge in [-0.1, -0.05) is 5.21 Å². The number of amides is 2. The topological polar surface area (TPSA) is 125 Å². The van der Waals surface area contributed by atoms with Crippen LogP contribution in [0.2, 0.25) is 0 Å². The third-order valence-corrected chi connectivity index (χ3v) is 4.17. The molecule has 2 aromatic heterocycles. The second-order valence-corrected chi connectivity index (χ2v) is 5.86. The van der Waals surface area contributed by atoms with Crippen molar-refractivity contribution in [2.24, 2.45) is 5.92 Å². The first kappa shape index (κ1) is 16.2. The molecule has 2 heterocycles. The minimum absolute atomic E-state index is 0.120. The molecule has 2 amide bonds. The predicted octanol–water partition coefficient (Wildman–Crippen LogP) is -0.708. The van der Waals surface area contributed by atoms with Gasteiger partial charge < -0.3 is 20.7 Å². The van der Waals surface area contributed by atoms with E-state index in [-0.39, 0.29) is 17.7 Å². The summed E-state index contributed by atoms with van der Waals surface area (Å²) in [5, 5.41) is 23.2. The number of nitrogens with zero attached hydrogens (tertiary/aromatic N) is 3. The number of carbonyl (C=O) groups is 2. The number of nitrogens with one attached hydrogen (secondary N) is 3. The summed E-state index contributed by atoms with van der Waals surface area (Å²) >= 11 is 0. The lowest BCUT2D eigenvalue weighted by atomic mass is 10.1. The first-order chi connectivity index (χ1) is 11.6. The zero-order valence-electron chi connectivity index (χ0n) is 13.1. The molecule has 24 heavy (non-hydrogen) atoms. The normalized spacial score (nSPS) is 23.1. The fraction of sp³-hybridized carbons (Fsp3) is 0.467. The van der Waals surface area contributed by atoms with Gasteiger partial charge in [0.2, 0.25) is 5.91 Å². The maximum absolute atomic E-state index is 12.2. The van der Waals surface area contributed by atoms with E-state index in [9.17, 15) is 14.7 Å². The van der Waals surface area contributed by atoms with Crippen LogP contribution in [0.25, 0.3) is 0 Å². The van der Waals surface area contributed by atoms with Gasteiger partial charge in [-0.2, -0.15) is 0 Å². The van der Waals surface area contributed by atoms with Crippen LogP contribution >= 0.6 is 0 Å². The van der Waals surface area contributed by atoms with E-state index >= 15 is 0 Å². The maximum Gasteiger partial charge on any atom is 0.267 e. The highest BCUT2D eigenvalue weighted by Crippen LogP contribution is 2.26. The van der Waals surface area contributed by atoms with Crippen molar-refractivity contribution in [3.8, 4) is 0 Å². The molecule has 0 unspecified atom stereocenters. The van der Waals surface area contributed by atoms with Crippen LogP contribution in [0.4, 0.5) is 0 Å². The Hall–Kier alpha value is -2.68. The van der Waals surface area contributed by atoms with Gasteiger partial charge in [-0.25, -0.2) is 0 Å². The molecular formula is C15H20N6O3. The van der Waals surface area contributed by atoms with Crippen molar-refractivity contribution in [1.29, 1.82) is 0 Å². The highest BCUT2D eigenvalue weighted by Gasteiger charge is 2.37. The van der Waals surface area contributed by atoms with Gasteiger partial charge in [0.1, 0.15) is 5.69 Å². The van der Waals surface area contributed by atoms with Crippen molar-refractivity contribution in [3.63, 3.8) is 0 Å². The maximum atomic E-state index is 12.2. The number of hydrogen-bond acceptors (Lipinski definition) is 5. The Labute approximate surface area is 138 Å². The van der Waals surface area contributed by atoms with Crippen LogP contribution in [0.3, 0.4) is 0 Å². The number of aliphatic hydroxyl groups is 1. The van der Waals surface area contributed by atoms with Gasteiger partial charge in [0, 0.05) is 24.9 Å². The molecule has 0 spiro atoms. The first-order valence-corrected chi connectivity index (χ1v) is 7.87. The number of aromatic amines is 1. The van der Waals surface area contributed by atoms with Crippen LogP contribution in [0.5, 0.6) is 0 Å². The molecule has 0 saturated heterocycles. The average Bonchev–Trinajstić information content (AvgIpc) is 3.29. The molecular weight excluding hydrogens is 312 g/mol. The SMILES string of the molecule is O=C(N[C@H]1C[C@H](C(=O)NCCn2ccnn2)C[C@@H]1O)c1ccc[nH]1. The Morgan fingerprint density at radius 3 is 3.00 bits per heavy atom. The lowest BCUT2D eigenvalue weighted by Gasteiger charge is -2.15. The van der Waals surface area contributed by atoms with E-state index < -0.39 is 12.1 Å². The Balaban J connectivity index is 1.46. The zero-order valence-corrected chi connectivity index (χ0v) is 13.1. The molecule has 0 radical (unpaired) electrons. The number of hydrogen-bond donors (Lipinski definition) is 4. The summed E-state index contributed by atoms with van der Waals surface area (Å²) in [7, 11) is 0. The first-order valence-electron chi connectivity index (χ1n) is 7.87. The van der Waals surface area contributed by atoms with E-state index in [0.717, 1.165) is 0 Å². The summed E-state index contributed by atoms with van der Waals surface area (Å²) in [5.74, 6) is -0.716. The lowest BCUT2D eigenvalue weighted by Crippen LogP contribution is -2.40. The van der Waals surface area contributed by atoms with Gasteiger partial charge in [-0.3, -0.25) is 14.3 Å². The molecule has 1 aliphatic rings. The summed E-state index contributed by atoms with van der Waals surface area (Å²) < 4.78 is 1.63. The van der Waals surface area contributed by atoms with Crippen molar-refractivity contribution in [2.75, 3.05) is 6.54 Å². The van der Waals surface area contributed by atoms with E-state index in [1.807, 2.05) is 0 Å². The highest BCUT2D eigenvalue weighted by atomic mass is 16.3. The Morgan fingerprint density at radius 1 is 1.42 bits per heavy atom. The molecule has 4 N–H and O–H groups in total. The monoisotopic (exact) mass is 332 g/mol. The van der Waals surface area contributed by atoms with E-state index in [4.69, 9.17) is 0 Å². The molecule has 9 nitrogen and oxygen atoms in total. The van der Waals surface area contributed by atoms with Gasteiger partial charge >= 0.3 is 0 Å². The van der Waals surface area contributed by atoms with Crippen LogP contribution in [0.15, 0.2) is 30.7 Å². The number of rotatable bonds is 6. The van der Waals surface area contributed by atoms with Crippen LogP contribution in [-0.4, -0.2) is 55.6 Å². The molecule has 3 rings (SSSR count). The minimum Gasteiger partial charge on any atom is -0.391 e. The van der Waals surface area contributed by atoms with Gasteiger partial charge in [0.25, 0.3) is 5.91 Å². The van der Waals surface area contributed by atoms with Crippen molar-refractivity contribution in [1.82, 2.24) is 30.6 Å².